The molecule has 0 saturated carbocycles. The first-order valence-electron chi connectivity index (χ1n) is 5.88. The Bertz CT molecular complexity index is 495. The first kappa shape index (κ1) is 14.3. The maximum Gasteiger partial charge on any atom is 0.0931 e. The first-order valence-corrected chi connectivity index (χ1v) is 8.15. The van der Waals surface area contributed by atoms with E-state index in [1.807, 2.05) is 6.07 Å². The van der Waals surface area contributed by atoms with Gasteiger partial charge in [-0.15, -0.1) is 11.3 Å². The van der Waals surface area contributed by atoms with Gasteiger partial charge in [0, 0.05) is 21.0 Å². The molecule has 2 aromatic rings. The molecule has 0 spiro atoms. The maximum atomic E-state index is 5.91. The third kappa shape index (κ3) is 4.23. The van der Waals surface area contributed by atoms with Crippen LogP contribution in [0.5, 0.6) is 0 Å². The topological polar surface area (TPSA) is 12.0 Å². The Morgan fingerprint density at radius 2 is 1.94 bits per heavy atom. The summed E-state index contributed by atoms with van der Waals surface area (Å²) in [7, 11) is 0. The number of thiophene rings is 1. The fraction of sp³-hybridized carbons (Fsp3) is 0.286. The third-order valence-corrected chi connectivity index (χ3v) is 4.83. The van der Waals surface area contributed by atoms with Gasteiger partial charge in [0.1, 0.15) is 0 Å². The van der Waals surface area contributed by atoms with E-state index >= 15 is 0 Å². The molecule has 0 fully saturated rings. The summed E-state index contributed by atoms with van der Waals surface area (Å²) in [5, 5.41) is 3.54. The van der Waals surface area contributed by atoms with Gasteiger partial charge in [0.15, 0.2) is 0 Å². The molecule has 1 aromatic carbocycles. The van der Waals surface area contributed by atoms with Crippen LogP contribution in [0.25, 0.3) is 0 Å². The molecular formula is C14H15ClINS. The van der Waals surface area contributed by atoms with Crippen LogP contribution in [0.2, 0.25) is 4.34 Å². The largest absolute Gasteiger partial charge is 0.310 e. The predicted molar refractivity (Wildman–Crippen MR) is 88.6 cm³/mol. The van der Waals surface area contributed by atoms with E-state index in [1.54, 1.807) is 11.3 Å². The van der Waals surface area contributed by atoms with Gasteiger partial charge in [-0.2, -0.15) is 0 Å². The standard InChI is InChI=1S/C14H15ClINS/c1-10(11-2-4-12(16)5-3-11)17-9-8-13-6-7-14(15)18-13/h2-7,10,17H,8-9H2,1H3. The number of rotatable bonds is 5. The van der Waals surface area contributed by atoms with Crippen LogP contribution in [-0.4, -0.2) is 6.54 Å². The van der Waals surface area contributed by atoms with E-state index < -0.39 is 0 Å². The first-order chi connectivity index (χ1) is 8.65. The van der Waals surface area contributed by atoms with E-state index in [1.165, 1.54) is 14.0 Å². The molecule has 0 bridgehead atoms. The second kappa shape index (κ2) is 6.89. The summed E-state index contributed by atoms with van der Waals surface area (Å²) in [6.07, 6.45) is 1.03. The number of hydrogen-bond donors (Lipinski definition) is 1. The lowest BCUT2D eigenvalue weighted by Gasteiger charge is -2.13. The molecule has 0 radical (unpaired) electrons. The average molecular weight is 392 g/mol. The van der Waals surface area contributed by atoms with E-state index in [0.717, 1.165) is 17.3 Å². The van der Waals surface area contributed by atoms with Gasteiger partial charge in [0.25, 0.3) is 0 Å². The summed E-state index contributed by atoms with van der Waals surface area (Å²) in [5.41, 5.74) is 1.33. The van der Waals surface area contributed by atoms with Crippen molar-refractivity contribution < 1.29 is 0 Å². The van der Waals surface area contributed by atoms with E-state index in [0.29, 0.717) is 6.04 Å². The summed E-state index contributed by atoms with van der Waals surface area (Å²) < 4.78 is 2.15. The summed E-state index contributed by atoms with van der Waals surface area (Å²) in [6, 6.07) is 13.1. The Hall–Kier alpha value is -0.100. The molecule has 0 aliphatic rings. The molecule has 96 valence electrons. The van der Waals surface area contributed by atoms with Gasteiger partial charge in [0.2, 0.25) is 0 Å². The second-order valence-electron chi connectivity index (χ2n) is 4.18. The van der Waals surface area contributed by atoms with Crippen molar-refractivity contribution in [3.05, 3.63) is 54.7 Å². The van der Waals surface area contributed by atoms with E-state index in [9.17, 15) is 0 Å². The van der Waals surface area contributed by atoms with Crippen molar-refractivity contribution in [2.45, 2.75) is 19.4 Å². The van der Waals surface area contributed by atoms with Gasteiger partial charge in [0.05, 0.1) is 4.34 Å². The summed E-state index contributed by atoms with van der Waals surface area (Å²) in [6.45, 7) is 3.17. The van der Waals surface area contributed by atoms with Gasteiger partial charge >= 0.3 is 0 Å². The minimum Gasteiger partial charge on any atom is -0.310 e. The second-order valence-corrected chi connectivity index (χ2v) is 7.23. The van der Waals surface area contributed by atoms with Crippen LogP contribution in [-0.2, 0) is 6.42 Å². The van der Waals surface area contributed by atoms with Gasteiger partial charge in [-0.3, -0.25) is 0 Å². The zero-order valence-electron chi connectivity index (χ0n) is 10.1. The van der Waals surface area contributed by atoms with Crippen LogP contribution < -0.4 is 5.32 Å². The van der Waals surface area contributed by atoms with Crippen molar-refractivity contribution in [2.75, 3.05) is 6.54 Å². The molecular weight excluding hydrogens is 377 g/mol. The quantitative estimate of drug-likeness (QED) is 0.715. The highest BCUT2D eigenvalue weighted by Crippen LogP contribution is 2.21. The van der Waals surface area contributed by atoms with Crippen molar-refractivity contribution in [3.63, 3.8) is 0 Å². The Morgan fingerprint density at radius 3 is 2.56 bits per heavy atom. The molecule has 2 rings (SSSR count). The molecule has 1 aromatic heterocycles. The minimum absolute atomic E-state index is 0.387. The average Bonchev–Trinajstić information content (AvgIpc) is 2.76. The molecule has 4 heteroatoms. The monoisotopic (exact) mass is 391 g/mol. The van der Waals surface area contributed by atoms with E-state index in [2.05, 4.69) is 65.2 Å². The minimum atomic E-state index is 0.387. The van der Waals surface area contributed by atoms with Crippen molar-refractivity contribution >= 4 is 45.5 Å². The van der Waals surface area contributed by atoms with Crippen LogP contribution >= 0.6 is 45.5 Å². The Kier molecular flexibility index (Phi) is 5.48. The zero-order valence-corrected chi connectivity index (χ0v) is 13.8. The normalized spacial score (nSPS) is 12.6. The highest BCUT2D eigenvalue weighted by Gasteiger charge is 2.04. The lowest BCUT2D eigenvalue weighted by atomic mass is 10.1. The number of benzene rings is 1. The fourth-order valence-corrected chi connectivity index (χ4v) is 3.21. The number of hydrogen-bond acceptors (Lipinski definition) is 2. The summed E-state index contributed by atoms with van der Waals surface area (Å²) in [5.74, 6) is 0. The molecule has 0 aliphatic heterocycles. The van der Waals surface area contributed by atoms with Crippen molar-refractivity contribution in [1.29, 1.82) is 0 Å². The van der Waals surface area contributed by atoms with Crippen molar-refractivity contribution in [1.82, 2.24) is 5.32 Å². The highest BCUT2D eigenvalue weighted by molar-refractivity contribution is 14.1. The van der Waals surface area contributed by atoms with Gasteiger partial charge in [-0.05, 0) is 65.8 Å². The van der Waals surface area contributed by atoms with Gasteiger partial charge < -0.3 is 5.32 Å². The SMILES string of the molecule is CC(NCCc1ccc(Cl)s1)c1ccc(I)cc1. The maximum absolute atomic E-state index is 5.91. The smallest absolute Gasteiger partial charge is 0.0931 e. The molecule has 1 N–H and O–H groups in total. The molecule has 1 atom stereocenters. The molecule has 1 nitrogen and oxygen atoms in total. The van der Waals surface area contributed by atoms with Crippen LogP contribution in [0.3, 0.4) is 0 Å². The molecule has 0 amide bonds. The summed E-state index contributed by atoms with van der Waals surface area (Å²) in [4.78, 5) is 1.34. The van der Waals surface area contributed by atoms with Crippen LogP contribution in [0.4, 0.5) is 0 Å². The highest BCUT2D eigenvalue weighted by atomic mass is 127. The molecule has 18 heavy (non-hydrogen) atoms. The van der Waals surface area contributed by atoms with Crippen LogP contribution in [0, 0.1) is 3.57 Å². The third-order valence-electron chi connectivity index (χ3n) is 2.82. The van der Waals surface area contributed by atoms with Gasteiger partial charge in [-0.25, -0.2) is 0 Å². The number of halogens is 2. The lowest BCUT2D eigenvalue weighted by molar-refractivity contribution is 0.578. The molecule has 0 aliphatic carbocycles. The van der Waals surface area contributed by atoms with Crippen molar-refractivity contribution in [3.8, 4) is 0 Å². The van der Waals surface area contributed by atoms with E-state index in [4.69, 9.17) is 11.6 Å². The Morgan fingerprint density at radius 1 is 1.22 bits per heavy atom. The Balaban J connectivity index is 1.81. The van der Waals surface area contributed by atoms with Gasteiger partial charge in [-0.1, -0.05) is 23.7 Å². The lowest BCUT2D eigenvalue weighted by Crippen LogP contribution is -2.21. The zero-order chi connectivity index (χ0) is 13.0. The van der Waals surface area contributed by atoms with Crippen LogP contribution in [0.15, 0.2) is 36.4 Å². The van der Waals surface area contributed by atoms with E-state index in [-0.39, 0.29) is 0 Å². The Labute approximate surface area is 131 Å². The predicted octanol–water partition coefficient (Wildman–Crippen LogP) is 4.90. The number of nitrogens with one attached hydrogen (secondary N) is 1. The molecule has 1 heterocycles. The van der Waals surface area contributed by atoms with Crippen LogP contribution in [0.1, 0.15) is 23.4 Å². The molecule has 1 unspecified atom stereocenters. The van der Waals surface area contributed by atoms with Crippen molar-refractivity contribution in [2.24, 2.45) is 0 Å². The molecule has 0 saturated heterocycles. The summed E-state index contributed by atoms with van der Waals surface area (Å²) >= 11 is 9.90. The fourth-order valence-electron chi connectivity index (χ4n) is 1.77.